The summed E-state index contributed by atoms with van der Waals surface area (Å²) < 4.78 is 1.61. The highest BCUT2D eigenvalue weighted by molar-refractivity contribution is 6.05. The molecule has 37 heavy (non-hydrogen) atoms. The molecule has 0 saturated carbocycles. The molecule has 9 nitrogen and oxygen atoms in total. The number of aryl methyl sites for hydroxylation is 2. The molecule has 3 amide bonds. The topological polar surface area (TPSA) is 125 Å². The highest BCUT2D eigenvalue weighted by Gasteiger charge is 2.14. The molecule has 0 aliphatic heterocycles. The van der Waals surface area contributed by atoms with E-state index in [-0.39, 0.29) is 11.8 Å². The predicted molar refractivity (Wildman–Crippen MR) is 142 cm³/mol. The summed E-state index contributed by atoms with van der Waals surface area (Å²) in [5, 5.41) is 21.3. The second-order valence-electron chi connectivity index (χ2n) is 8.38. The van der Waals surface area contributed by atoms with Crippen LogP contribution in [0.1, 0.15) is 32.7 Å². The molecule has 0 fully saturated rings. The number of carbonyl (C=O) groups excluding carboxylic acids is 2. The lowest BCUT2D eigenvalue weighted by Crippen LogP contribution is -2.22. The Labute approximate surface area is 214 Å². The molecule has 0 unspecified atom stereocenters. The van der Waals surface area contributed by atoms with Gasteiger partial charge >= 0.3 is 6.09 Å². The summed E-state index contributed by atoms with van der Waals surface area (Å²) in [6.45, 7) is 0.317. The zero-order valence-corrected chi connectivity index (χ0v) is 20.3. The van der Waals surface area contributed by atoms with Gasteiger partial charge in [-0.15, -0.1) is 0 Å². The summed E-state index contributed by atoms with van der Waals surface area (Å²) in [6.07, 6.45) is 0.0998. The lowest BCUT2D eigenvalue weighted by Gasteiger charge is -2.11. The minimum atomic E-state index is -1.06. The number of nitrogens with zero attached hydrogens (tertiary/aromatic N) is 2. The molecular weight excluding hydrogens is 470 g/mol. The minimum Gasteiger partial charge on any atom is -0.465 e. The van der Waals surface area contributed by atoms with E-state index in [1.165, 1.54) is 0 Å². The third kappa shape index (κ3) is 6.61. The molecule has 188 valence electrons. The molecule has 0 bridgehead atoms. The van der Waals surface area contributed by atoms with Crippen LogP contribution in [0.3, 0.4) is 0 Å². The number of rotatable bonds is 9. The second kappa shape index (κ2) is 11.7. The number of anilines is 2. The smallest absolute Gasteiger partial charge is 0.404 e. The number of carbonyl (C=O) groups is 3. The van der Waals surface area contributed by atoms with Gasteiger partial charge in [0.15, 0.2) is 0 Å². The van der Waals surface area contributed by atoms with Gasteiger partial charge in [0.05, 0.1) is 5.69 Å². The summed E-state index contributed by atoms with van der Waals surface area (Å²) in [5.74, 6) is 0.112. The van der Waals surface area contributed by atoms with Crippen LogP contribution in [0.2, 0.25) is 0 Å². The summed E-state index contributed by atoms with van der Waals surface area (Å²) in [7, 11) is 1.76. The Morgan fingerprint density at radius 2 is 1.57 bits per heavy atom. The van der Waals surface area contributed by atoms with E-state index in [0.717, 1.165) is 11.1 Å². The Bertz CT molecular complexity index is 1400. The van der Waals surface area contributed by atoms with Crippen molar-refractivity contribution in [3.63, 3.8) is 0 Å². The van der Waals surface area contributed by atoms with Gasteiger partial charge < -0.3 is 21.1 Å². The van der Waals surface area contributed by atoms with E-state index >= 15 is 0 Å². The van der Waals surface area contributed by atoms with Crippen molar-refractivity contribution in [2.24, 2.45) is 7.05 Å². The van der Waals surface area contributed by atoms with E-state index in [0.29, 0.717) is 47.7 Å². The van der Waals surface area contributed by atoms with E-state index in [4.69, 9.17) is 5.11 Å². The first-order valence-electron chi connectivity index (χ1n) is 11.8. The van der Waals surface area contributed by atoms with Crippen LogP contribution in [0.5, 0.6) is 0 Å². The molecule has 0 spiro atoms. The average molecular weight is 498 g/mol. The minimum absolute atomic E-state index is 0.216. The van der Waals surface area contributed by atoms with E-state index in [1.54, 1.807) is 54.2 Å². The first-order chi connectivity index (χ1) is 17.9. The molecule has 3 aromatic carbocycles. The van der Waals surface area contributed by atoms with Crippen molar-refractivity contribution in [1.82, 2.24) is 15.1 Å². The number of carboxylic acid groups (broad SMARTS) is 1. The Kier molecular flexibility index (Phi) is 7.95. The maximum Gasteiger partial charge on any atom is 0.404 e. The molecule has 0 aliphatic carbocycles. The van der Waals surface area contributed by atoms with E-state index < -0.39 is 6.09 Å². The number of benzene rings is 3. The van der Waals surface area contributed by atoms with E-state index in [1.807, 2.05) is 42.5 Å². The molecule has 0 radical (unpaired) electrons. The van der Waals surface area contributed by atoms with Crippen molar-refractivity contribution in [3.05, 3.63) is 102 Å². The van der Waals surface area contributed by atoms with Crippen LogP contribution in [-0.2, 0) is 13.5 Å². The van der Waals surface area contributed by atoms with Crippen molar-refractivity contribution in [3.8, 4) is 11.3 Å². The molecule has 4 aromatic rings. The normalized spacial score (nSPS) is 10.5. The molecule has 1 heterocycles. The summed E-state index contributed by atoms with van der Waals surface area (Å²) in [4.78, 5) is 36.0. The SMILES string of the molecule is Cn1nc(-c2ccc(NC(=O)c3ccccc3CCCNC(=O)O)cc2)cc1NC(=O)c1ccccc1. The van der Waals surface area contributed by atoms with Crippen molar-refractivity contribution in [2.75, 3.05) is 17.2 Å². The van der Waals surface area contributed by atoms with Gasteiger partial charge in [0, 0.05) is 42.0 Å². The van der Waals surface area contributed by atoms with Crippen LogP contribution in [0.25, 0.3) is 11.3 Å². The van der Waals surface area contributed by atoms with Gasteiger partial charge in [-0.3, -0.25) is 14.3 Å². The van der Waals surface area contributed by atoms with Gasteiger partial charge in [-0.2, -0.15) is 5.10 Å². The Morgan fingerprint density at radius 1 is 0.865 bits per heavy atom. The summed E-state index contributed by atoms with van der Waals surface area (Å²) in [5.41, 5.74) is 4.10. The monoisotopic (exact) mass is 497 g/mol. The predicted octanol–water partition coefficient (Wildman–Crippen LogP) is 4.79. The number of aromatic nitrogens is 2. The van der Waals surface area contributed by atoms with Crippen LogP contribution >= 0.6 is 0 Å². The lowest BCUT2D eigenvalue weighted by atomic mass is 10.0. The lowest BCUT2D eigenvalue weighted by molar-refractivity contribution is 0.101. The molecule has 0 atom stereocenters. The van der Waals surface area contributed by atoms with Gasteiger partial charge in [0.2, 0.25) is 0 Å². The number of hydrogen-bond donors (Lipinski definition) is 4. The highest BCUT2D eigenvalue weighted by Crippen LogP contribution is 2.24. The zero-order chi connectivity index (χ0) is 26.2. The standard InChI is InChI=1S/C28H27N5O4/c1-33-25(31-26(34)21-9-3-2-4-10-21)18-24(32-33)20-13-15-22(16-14-20)30-27(35)23-12-6-5-8-19(23)11-7-17-29-28(36)37/h2-6,8-10,12-16,18,29H,7,11,17H2,1H3,(H,30,35)(H,31,34)(H,36,37). The van der Waals surface area contributed by atoms with Crippen LogP contribution < -0.4 is 16.0 Å². The van der Waals surface area contributed by atoms with Crippen molar-refractivity contribution >= 4 is 29.4 Å². The Hall–Kier alpha value is -4.92. The molecular formula is C28H27N5O4. The Balaban J connectivity index is 1.40. The van der Waals surface area contributed by atoms with Gasteiger partial charge in [0.1, 0.15) is 5.82 Å². The quantitative estimate of drug-likeness (QED) is 0.247. The molecule has 4 N–H and O–H groups in total. The third-order valence-electron chi connectivity index (χ3n) is 5.76. The summed E-state index contributed by atoms with van der Waals surface area (Å²) >= 11 is 0. The first-order valence-corrected chi connectivity index (χ1v) is 11.8. The van der Waals surface area contributed by atoms with Crippen LogP contribution in [-0.4, -0.2) is 39.3 Å². The molecule has 0 aliphatic rings. The van der Waals surface area contributed by atoms with Gasteiger partial charge in [-0.05, 0) is 48.7 Å². The number of hydrogen-bond acceptors (Lipinski definition) is 4. The van der Waals surface area contributed by atoms with Crippen LogP contribution in [0.4, 0.5) is 16.3 Å². The molecule has 9 heteroatoms. The fourth-order valence-corrected chi connectivity index (χ4v) is 3.86. The van der Waals surface area contributed by atoms with E-state index in [9.17, 15) is 14.4 Å². The van der Waals surface area contributed by atoms with Gasteiger partial charge in [-0.25, -0.2) is 4.79 Å². The largest absolute Gasteiger partial charge is 0.465 e. The number of nitrogens with one attached hydrogen (secondary N) is 3. The van der Waals surface area contributed by atoms with Gasteiger partial charge in [0.25, 0.3) is 11.8 Å². The molecule has 1 aromatic heterocycles. The Morgan fingerprint density at radius 3 is 2.30 bits per heavy atom. The first kappa shape index (κ1) is 25.2. The zero-order valence-electron chi connectivity index (χ0n) is 20.3. The third-order valence-corrected chi connectivity index (χ3v) is 5.76. The molecule has 4 rings (SSSR count). The van der Waals surface area contributed by atoms with Gasteiger partial charge in [-0.1, -0.05) is 48.5 Å². The van der Waals surface area contributed by atoms with Crippen LogP contribution in [0, 0.1) is 0 Å². The molecule has 0 saturated heterocycles. The second-order valence-corrected chi connectivity index (χ2v) is 8.38. The average Bonchev–Trinajstić information content (AvgIpc) is 3.27. The summed E-state index contributed by atoms with van der Waals surface area (Å²) in [6, 6.07) is 25.3. The highest BCUT2D eigenvalue weighted by atomic mass is 16.4. The van der Waals surface area contributed by atoms with Crippen molar-refractivity contribution in [1.29, 1.82) is 0 Å². The van der Waals surface area contributed by atoms with E-state index in [2.05, 4.69) is 21.0 Å². The fraction of sp³-hybridized carbons (Fsp3) is 0.143. The maximum atomic E-state index is 12.9. The maximum absolute atomic E-state index is 12.9. The van der Waals surface area contributed by atoms with Crippen molar-refractivity contribution < 1.29 is 19.5 Å². The number of amides is 3. The van der Waals surface area contributed by atoms with Crippen LogP contribution in [0.15, 0.2) is 84.9 Å². The fourth-order valence-electron chi connectivity index (χ4n) is 3.86. The van der Waals surface area contributed by atoms with Crippen molar-refractivity contribution in [2.45, 2.75) is 12.8 Å².